The van der Waals surface area contributed by atoms with Gasteiger partial charge in [0, 0.05) is 5.56 Å². The first-order valence-electron chi connectivity index (χ1n) is 5.82. The van der Waals surface area contributed by atoms with Crippen molar-refractivity contribution >= 4 is 5.69 Å². The standard InChI is InChI=1S/C14H10FN3O2/c15-9-4-1-3-8(7-9)13-17-14(20-18-13)10-5-2-6-11(16)12(10)19/h1-7,19H,16H2. The third-order valence-corrected chi connectivity index (χ3v) is 2.81. The number of para-hydroxylation sites is 1. The number of rotatable bonds is 2. The van der Waals surface area contributed by atoms with Crippen molar-refractivity contribution in [2.75, 3.05) is 5.73 Å². The maximum Gasteiger partial charge on any atom is 0.262 e. The highest BCUT2D eigenvalue weighted by Gasteiger charge is 2.15. The summed E-state index contributed by atoms with van der Waals surface area (Å²) in [4.78, 5) is 4.13. The van der Waals surface area contributed by atoms with E-state index in [2.05, 4.69) is 10.1 Å². The van der Waals surface area contributed by atoms with E-state index in [1.807, 2.05) is 0 Å². The summed E-state index contributed by atoms with van der Waals surface area (Å²) in [5, 5.41) is 13.6. The van der Waals surface area contributed by atoms with Crippen LogP contribution in [0.3, 0.4) is 0 Å². The van der Waals surface area contributed by atoms with Crippen LogP contribution in [0.5, 0.6) is 5.75 Å². The predicted octanol–water partition coefficient (Wildman–Crippen LogP) is 2.83. The Balaban J connectivity index is 2.04. The Labute approximate surface area is 113 Å². The number of halogens is 1. The number of nitrogen functional groups attached to an aromatic ring is 1. The smallest absolute Gasteiger partial charge is 0.262 e. The number of anilines is 1. The quantitative estimate of drug-likeness (QED) is 0.553. The molecule has 0 aliphatic heterocycles. The number of aromatic nitrogens is 2. The lowest BCUT2D eigenvalue weighted by Gasteiger charge is -2.01. The van der Waals surface area contributed by atoms with Crippen molar-refractivity contribution in [3.8, 4) is 28.6 Å². The van der Waals surface area contributed by atoms with Crippen LogP contribution < -0.4 is 5.73 Å². The van der Waals surface area contributed by atoms with Gasteiger partial charge in [-0.15, -0.1) is 0 Å². The van der Waals surface area contributed by atoms with Crippen LogP contribution in [-0.2, 0) is 0 Å². The van der Waals surface area contributed by atoms with E-state index in [1.165, 1.54) is 12.1 Å². The third kappa shape index (κ3) is 2.07. The molecule has 0 aliphatic rings. The molecule has 20 heavy (non-hydrogen) atoms. The Bertz CT molecular complexity index is 771. The van der Waals surface area contributed by atoms with Gasteiger partial charge < -0.3 is 15.4 Å². The number of phenolic OH excluding ortho intramolecular Hbond substituents is 1. The molecule has 5 nitrogen and oxygen atoms in total. The van der Waals surface area contributed by atoms with Crippen LogP contribution in [0.2, 0.25) is 0 Å². The van der Waals surface area contributed by atoms with Gasteiger partial charge in [-0.05, 0) is 24.3 Å². The molecule has 3 N–H and O–H groups in total. The van der Waals surface area contributed by atoms with Gasteiger partial charge in [-0.3, -0.25) is 0 Å². The van der Waals surface area contributed by atoms with E-state index in [0.29, 0.717) is 11.1 Å². The van der Waals surface area contributed by atoms with Crippen LogP contribution in [0.25, 0.3) is 22.8 Å². The van der Waals surface area contributed by atoms with Crippen molar-refractivity contribution in [1.82, 2.24) is 10.1 Å². The van der Waals surface area contributed by atoms with Crippen molar-refractivity contribution in [2.24, 2.45) is 0 Å². The first-order valence-corrected chi connectivity index (χ1v) is 5.82. The van der Waals surface area contributed by atoms with Crippen molar-refractivity contribution in [3.63, 3.8) is 0 Å². The SMILES string of the molecule is Nc1cccc(-c2nc(-c3cccc(F)c3)no2)c1O. The monoisotopic (exact) mass is 271 g/mol. The number of nitrogens with two attached hydrogens (primary N) is 1. The van der Waals surface area contributed by atoms with Gasteiger partial charge >= 0.3 is 0 Å². The second-order valence-electron chi connectivity index (χ2n) is 4.18. The molecule has 0 spiro atoms. The van der Waals surface area contributed by atoms with Gasteiger partial charge in [-0.1, -0.05) is 23.4 Å². The van der Waals surface area contributed by atoms with E-state index in [0.717, 1.165) is 0 Å². The minimum atomic E-state index is -0.388. The molecule has 100 valence electrons. The van der Waals surface area contributed by atoms with Gasteiger partial charge in [-0.25, -0.2) is 4.39 Å². The molecule has 0 aliphatic carbocycles. The van der Waals surface area contributed by atoms with E-state index in [1.54, 1.807) is 30.3 Å². The molecule has 0 fully saturated rings. The molecule has 6 heteroatoms. The van der Waals surface area contributed by atoms with Crippen LogP contribution >= 0.6 is 0 Å². The van der Waals surface area contributed by atoms with Gasteiger partial charge in [0.1, 0.15) is 5.82 Å². The van der Waals surface area contributed by atoms with Crippen molar-refractivity contribution < 1.29 is 14.0 Å². The largest absolute Gasteiger partial charge is 0.505 e. The van der Waals surface area contributed by atoms with E-state index >= 15 is 0 Å². The zero-order chi connectivity index (χ0) is 14.1. The Kier molecular flexibility index (Phi) is 2.83. The van der Waals surface area contributed by atoms with Crippen LogP contribution in [-0.4, -0.2) is 15.2 Å². The van der Waals surface area contributed by atoms with Crippen LogP contribution in [0.15, 0.2) is 47.0 Å². The van der Waals surface area contributed by atoms with E-state index < -0.39 is 0 Å². The zero-order valence-corrected chi connectivity index (χ0v) is 10.2. The van der Waals surface area contributed by atoms with Gasteiger partial charge in [0.25, 0.3) is 5.89 Å². The van der Waals surface area contributed by atoms with Crippen LogP contribution in [0.1, 0.15) is 0 Å². The van der Waals surface area contributed by atoms with E-state index in [4.69, 9.17) is 10.3 Å². The highest BCUT2D eigenvalue weighted by Crippen LogP contribution is 2.33. The summed E-state index contributed by atoms with van der Waals surface area (Å²) >= 11 is 0. The van der Waals surface area contributed by atoms with Gasteiger partial charge in [0.05, 0.1) is 11.3 Å². The average Bonchev–Trinajstić information content (AvgIpc) is 2.91. The maximum atomic E-state index is 13.2. The van der Waals surface area contributed by atoms with Crippen molar-refractivity contribution in [1.29, 1.82) is 0 Å². The molecule has 0 amide bonds. The van der Waals surface area contributed by atoms with Gasteiger partial charge in [0.15, 0.2) is 5.75 Å². The molecule has 1 aromatic heterocycles. The molecule has 0 bridgehead atoms. The average molecular weight is 271 g/mol. The molecule has 0 saturated heterocycles. The number of phenols is 1. The normalized spacial score (nSPS) is 10.7. The summed E-state index contributed by atoms with van der Waals surface area (Å²) in [6.07, 6.45) is 0. The zero-order valence-electron chi connectivity index (χ0n) is 10.2. The Morgan fingerprint density at radius 1 is 1.15 bits per heavy atom. The fraction of sp³-hybridized carbons (Fsp3) is 0. The molecular weight excluding hydrogens is 261 g/mol. The molecule has 0 saturated carbocycles. The number of hydrogen-bond acceptors (Lipinski definition) is 5. The lowest BCUT2D eigenvalue weighted by atomic mass is 10.1. The Morgan fingerprint density at radius 2 is 1.95 bits per heavy atom. The summed E-state index contributed by atoms with van der Waals surface area (Å²) in [7, 11) is 0. The molecular formula is C14H10FN3O2. The van der Waals surface area contributed by atoms with Crippen molar-refractivity contribution in [2.45, 2.75) is 0 Å². The van der Waals surface area contributed by atoms with Gasteiger partial charge in [0.2, 0.25) is 5.82 Å². The highest BCUT2D eigenvalue weighted by atomic mass is 19.1. The van der Waals surface area contributed by atoms with E-state index in [-0.39, 0.29) is 29.0 Å². The summed E-state index contributed by atoms with van der Waals surface area (Å²) in [5.74, 6) is -0.155. The summed E-state index contributed by atoms with van der Waals surface area (Å²) in [6, 6.07) is 10.7. The summed E-state index contributed by atoms with van der Waals surface area (Å²) in [6.45, 7) is 0. The third-order valence-electron chi connectivity index (χ3n) is 2.81. The molecule has 3 rings (SSSR count). The second kappa shape index (κ2) is 4.65. The first kappa shape index (κ1) is 12.2. The molecule has 0 unspecified atom stereocenters. The molecule has 2 aromatic carbocycles. The summed E-state index contributed by atoms with van der Waals surface area (Å²) < 4.78 is 18.2. The number of nitrogens with zero attached hydrogens (tertiary/aromatic N) is 2. The minimum absolute atomic E-state index is 0.120. The molecule has 1 heterocycles. The first-order chi connectivity index (χ1) is 9.65. The second-order valence-corrected chi connectivity index (χ2v) is 4.18. The van der Waals surface area contributed by atoms with Crippen molar-refractivity contribution in [3.05, 3.63) is 48.3 Å². The van der Waals surface area contributed by atoms with Gasteiger partial charge in [-0.2, -0.15) is 4.98 Å². The number of benzene rings is 2. The fourth-order valence-corrected chi connectivity index (χ4v) is 1.81. The summed E-state index contributed by atoms with van der Waals surface area (Å²) in [5.41, 5.74) is 6.64. The minimum Gasteiger partial charge on any atom is -0.505 e. The molecule has 3 aromatic rings. The number of hydrogen-bond donors (Lipinski definition) is 2. The molecule has 0 atom stereocenters. The Hall–Kier alpha value is -2.89. The predicted molar refractivity (Wildman–Crippen MR) is 71.2 cm³/mol. The fourth-order valence-electron chi connectivity index (χ4n) is 1.81. The van der Waals surface area contributed by atoms with Crippen LogP contribution in [0, 0.1) is 5.82 Å². The Morgan fingerprint density at radius 3 is 2.75 bits per heavy atom. The lowest BCUT2D eigenvalue weighted by molar-refractivity contribution is 0.426. The highest BCUT2D eigenvalue weighted by molar-refractivity contribution is 5.72. The maximum absolute atomic E-state index is 13.2. The van der Waals surface area contributed by atoms with Crippen LogP contribution in [0.4, 0.5) is 10.1 Å². The molecule has 0 radical (unpaired) electrons. The van der Waals surface area contributed by atoms with E-state index in [9.17, 15) is 9.50 Å². The number of aromatic hydroxyl groups is 1. The lowest BCUT2D eigenvalue weighted by Crippen LogP contribution is -1.88. The topological polar surface area (TPSA) is 85.2 Å².